The molecule has 0 radical (unpaired) electrons. The molecule has 2 rings (SSSR count). The molecule has 6 heteroatoms. The number of halogens is 1. The van der Waals surface area contributed by atoms with Crippen molar-refractivity contribution in [2.75, 3.05) is 27.2 Å². The molecule has 0 aliphatic rings. The fraction of sp³-hybridized carbons (Fsp3) is 0.263. The van der Waals surface area contributed by atoms with Crippen molar-refractivity contribution in [1.29, 1.82) is 0 Å². The van der Waals surface area contributed by atoms with Gasteiger partial charge in [-0.05, 0) is 31.8 Å². The average molecular weight is 360 g/mol. The third kappa shape index (κ3) is 5.89. The number of rotatable bonds is 7. The summed E-state index contributed by atoms with van der Waals surface area (Å²) in [7, 11) is 3.89. The Kier molecular flexibility index (Phi) is 6.98. The number of hydrogen-bond donors (Lipinski definition) is 2. The van der Waals surface area contributed by atoms with E-state index in [4.69, 9.17) is 11.6 Å². The van der Waals surface area contributed by atoms with Crippen molar-refractivity contribution in [2.45, 2.75) is 6.04 Å². The van der Waals surface area contributed by atoms with Gasteiger partial charge in [0.1, 0.15) is 0 Å². The Balaban J connectivity index is 1.95. The number of carbonyl (C=O) groups is 2. The van der Waals surface area contributed by atoms with Crippen LogP contribution in [-0.2, 0) is 4.79 Å². The maximum absolute atomic E-state index is 12.3. The number of benzene rings is 2. The van der Waals surface area contributed by atoms with Gasteiger partial charge in [-0.25, -0.2) is 0 Å². The molecule has 1 atom stereocenters. The van der Waals surface area contributed by atoms with Gasteiger partial charge in [-0.2, -0.15) is 0 Å². The van der Waals surface area contributed by atoms with Gasteiger partial charge in [-0.3, -0.25) is 9.59 Å². The Hall–Kier alpha value is -2.37. The van der Waals surface area contributed by atoms with Crippen LogP contribution in [0.25, 0.3) is 0 Å². The van der Waals surface area contributed by atoms with Crippen LogP contribution in [0, 0.1) is 0 Å². The second-order valence-corrected chi connectivity index (χ2v) is 6.36. The van der Waals surface area contributed by atoms with Crippen LogP contribution in [0.2, 0.25) is 5.02 Å². The molecule has 0 bridgehead atoms. The van der Waals surface area contributed by atoms with Crippen molar-refractivity contribution in [1.82, 2.24) is 15.5 Å². The highest BCUT2D eigenvalue weighted by atomic mass is 35.5. The third-order valence-electron chi connectivity index (χ3n) is 3.61. The van der Waals surface area contributed by atoms with E-state index in [1.165, 1.54) is 0 Å². The molecule has 0 aromatic heterocycles. The minimum atomic E-state index is -0.371. The highest BCUT2D eigenvalue weighted by Crippen LogP contribution is 2.15. The number of amides is 2. The number of carbonyl (C=O) groups excluding carboxylic acids is 2. The molecule has 2 aromatic carbocycles. The molecule has 25 heavy (non-hydrogen) atoms. The van der Waals surface area contributed by atoms with Gasteiger partial charge in [0.15, 0.2) is 0 Å². The SMILES string of the molecule is CN(C)C[C@@H](NC(=O)CNC(=O)c1ccccc1Cl)c1ccccc1. The lowest BCUT2D eigenvalue weighted by atomic mass is 10.1. The fourth-order valence-corrected chi connectivity index (χ4v) is 2.65. The van der Waals surface area contributed by atoms with E-state index in [-0.39, 0.29) is 24.4 Å². The first-order valence-electron chi connectivity index (χ1n) is 7.99. The van der Waals surface area contributed by atoms with Crippen LogP contribution < -0.4 is 10.6 Å². The summed E-state index contributed by atoms with van der Waals surface area (Å²) in [6.07, 6.45) is 0. The van der Waals surface area contributed by atoms with Crippen molar-refractivity contribution in [3.8, 4) is 0 Å². The van der Waals surface area contributed by atoms with E-state index in [0.29, 0.717) is 17.1 Å². The van der Waals surface area contributed by atoms with E-state index < -0.39 is 0 Å². The molecule has 5 nitrogen and oxygen atoms in total. The molecule has 2 aromatic rings. The molecule has 0 saturated carbocycles. The summed E-state index contributed by atoms with van der Waals surface area (Å²) in [4.78, 5) is 26.4. The van der Waals surface area contributed by atoms with Gasteiger partial charge in [0, 0.05) is 6.54 Å². The van der Waals surface area contributed by atoms with Crippen molar-refractivity contribution < 1.29 is 9.59 Å². The highest BCUT2D eigenvalue weighted by Gasteiger charge is 2.16. The van der Waals surface area contributed by atoms with Gasteiger partial charge in [0.25, 0.3) is 5.91 Å². The molecular weight excluding hydrogens is 338 g/mol. The van der Waals surface area contributed by atoms with Crippen LogP contribution >= 0.6 is 11.6 Å². The Morgan fingerprint density at radius 2 is 1.68 bits per heavy atom. The number of hydrogen-bond acceptors (Lipinski definition) is 3. The zero-order valence-electron chi connectivity index (χ0n) is 14.3. The summed E-state index contributed by atoms with van der Waals surface area (Å²) in [5.41, 5.74) is 1.37. The summed E-state index contributed by atoms with van der Waals surface area (Å²) in [6, 6.07) is 16.3. The van der Waals surface area contributed by atoms with Gasteiger partial charge in [0.05, 0.1) is 23.2 Å². The first-order chi connectivity index (χ1) is 12.0. The van der Waals surface area contributed by atoms with Crippen LogP contribution in [0.4, 0.5) is 0 Å². The van der Waals surface area contributed by atoms with E-state index in [1.807, 2.05) is 49.3 Å². The number of nitrogens with one attached hydrogen (secondary N) is 2. The monoisotopic (exact) mass is 359 g/mol. The summed E-state index contributed by atoms with van der Waals surface area (Å²) in [5.74, 6) is -0.624. The molecule has 2 amide bonds. The largest absolute Gasteiger partial charge is 0.346 e. The first-order valence-corrected chi connectivity index (χ1v) is 8.37. The lowest BCUT2D eigenvalue weighted by molar-refractivity contribution is -0.121. The molecule has 0 aliphatic heterocycles. The molecule has 132 valence electrons. The number of nitrogens with zero attached hydrogens (tertiary/aromatic N) is 1. The van der Waals surface area contributed by atoms with Crippen LogP contribution in [0.15, 0.2) is 54.6 Å². The van der Waals surface area contributed by atoms with Crippen molar-refractivity contribution in [3.63, 3.8) is 0 Å². The second-order valence-electron chi connectivity index (χ2n) is 5.96. The van der Waals surface area contributed by atoms with Crippen molar-refractivity contribution in [2.24, 2.45) is 0 Å². The molecule has 0 heterocycles. The quantitative estimate of drug-likeness (QED) is 0.798. The molecule has 0 spiro atoms. The summed E-state index contributed by atoms with van der Waals surface area (Å²) in [5, 5.41) is 5.92. The Labute approximate surface area is 153 Å². The Bertz CT molecular complexity index is 720. The maximum atomic E-state index is 12.3. The van der Waals surface area contributed by atoms with Crippen LogP contribution in [0.1, 0.15) is 22.0 Å². The second kappa shape index (κ2) is 9.20. The van der Waals surface area contributed by atoms with Crippen molar-refractivity contribution >= 4 is 23.4 Å². The van der Waals surface area contributed by atoms with Crippen LogP contribution in [-0.4, -0.2) is 43.9 Å². The minimum Gasteiger partial charge on any atom is -0.346 e. The van der Waals surface area contributed by atoms with Gasteiger partial charge in [-0.15, -0.1) is 0 Å². The molecule has 0 aliphatic carbocycles. The average Bonchev–Trinajstić information content (AvgIpc) is 2.60. The number of likely N-dealkylation sites (N-methyl/N-ethyl adjacent to an activating group) is 1. The topological polar surface area (TPSA) is 61.4 Å². The predicted octanol–water partition coefficient (Wildman–Crippen LogP) is 2.49. The molecule has 0 fully saturated rings. The predicted molar refractivity (Wildman–Crippen MR) is 99.7 cm³/mol. The summed E-state index contributed by atoms with van der Waals surface area (Å²) in [6.45, 7) is 0.551. The van der Waals surface area contributed by atoms with Gasteiger partial charge in [0.2, 0.25) is 5.91 Å². The normalized spacial score (nSPS) is 11.8. The fourth-order valence-electron chi connectivity index (χ4n) is 2.43. The highest BCUT2D eigenvalue weighted by molar-refractivity contribution is 6.33. The first kappa shape index (κ1) is 19.0. The standard InChI is InChI=1S/C19H22ClN3O2/c1-23(2)13-17(14-8-4-3-5-9-14)22-18(24)12-21-19(25)15-10-6-7-11-16(15)20/h3-11,17H,12-13H2,1-2H3,(H,21,25)(H,22,24)/t17-/m1/s1. The smallest absolute Gasteiger partial charge is 0.253 e. The zero-order valence-corrected chi connectivity index (χ0v) is 15.1. The van der Waals surface area contributed by atoms with E-state index in [0.717, 1.165) is 5.56 Å². The van der Waals surface area contributed by atoms with Gasteiger partial charge < -0.3 is 15.5 Å². The minimum absolute atomic E-state index is 0.110. The van der Waals surface area contributed by atoms with Crippen LogP contribution in [0.5, 0.6) is 0 Å². The lowest BCUT2D eigenvalue weighted by Gasteiger charge is -2.23. The van der Waals surface area contributed by atoms with Crippen LogP contribution in [0.3, 0.4) is 0 Å². The maximum Gasteiger partial charge on any atom is 0.253 e. The van der Waals surface area contributed by atoms with Gasteiger partial charge in [-0.1, -0.05) is 54.1 Å². The van der Waals surface area contributed by atoms with E-state index >= 15 is 0 Å². The molecule has 2 N–H and O–H groups in total. The third-order valence-corrected chi connectivity index (χ3v) is 3.94. The summed E-state index contributed by atoms with van der Waals surface area (Å²) < 4.78 is 0. The lowest BCUT2D eigenvalue weighted by Crippen LogP contribution is -2.41. The van der Waals surface area contributed by atoms with E-state index in [1.54, 1.807) is 24.3 Å². The zero-order chi connectivity index (χ0) is 18.2. The molecule has 0 saturated heterocycles. The van der Waals surface area contributed by atoms with E-state index in [9.17, 15) is 9.59 Å². The molecular formula is C19H22ClN3O2. The van der Waals surface area contributed by atoms with E-state index in [2.05, 4.69) is 10.6 Å². The molecule has 0 unspecified atom stereocenters. The van der Waals surface area contributed by atoms with Crippen molar-refractivity contribution in [3.05, 3.63) is 70.7 Å². The Morgan fingerprint density at radius 1 is 1.04 bits per heavy atom. The Morgan fingerprint density at radius 3 is 2.32 bits per heavy atom. The van der Waals surface area contributed by atoms with Gasteiger partial charge >= 0.3 is 0 Å². The summed E-state index contributed by atoms with van der Waals surface area (Å²) >= 11 is 5.99.